The van der Waals surface area contributed by atoms with Crippen molar-refractivity contribution in [2.75, 3.05) is 33.2 Å². The van der Waals surface area contributed by atoms with Crippen molar-refractivity contribution in [3.05, 3.63) is 34.4 Å². The van der Waals surface area contributed by atoms with Crippen LogP contribution in [0.2, 0.25) is 10.0 Å². The highest BCUT2D eigenvalue weighted by Gasteiger charge is 2.24. The lowest BCUT2D eigenvalue weighted by Gasteiger charge is -2.16. The summed E-state index contributed by atoms with van der Waals surface area (Å²) in [5, 5.41) is 5.51. The van der Waals surface area contributed by atoms with Crippen LogP contribution in [0.15, 0.2) is 24.4 Å². The molecule has 0 radical (unpaired) electrons. The molecule has 1 N–H and O–H groups in total. The van der Waals surface area contributed by atoms with Crippen LogP contribution in [0.5, 0.6) is 17.4 Å². The standard InChI is InChI=1S/C21H21Cl2N3O3/c1-24-17-7-13-12(9-25-17)6-14(26-21(13)29-10-11-4-5-11)18-19(22)15(27-2)8-16(28-3)20(18)23/h6-9,11H,4-5,10H2,1-3H3,(H,24,25). The summed E-state index contributed by atoms with van der Waals surface area (Å²) in [4.78, 5) is 9.17. The van der Waals surface area contributed by atoms with Crippen LogP contribution in [0.4, 0.5) is 5.82 Å². The monoisotopic (exact) mass is 433 g/mol. The van der Waals surface area contributed by atoms with Crippen molar-refractivity contribution in [1.29, 1.82) is 0 Å². The molecule has 0 bridgehead atoms. The van der Waals surface area contributed by atoms with E-state index < -0.39 is 0 Å². The quantitative estimate of drug-likeness (QED) is 0.534. The van der Waals surface area contributed by atoms with Crippen molar-refractivity contribution >= 4 is 39.8 Å². The van der Waals surface area contributed by atoms with E-state index in [-0.39, 0.29) is 0 Å². The molecule has 0 aliphatic heterocycles. The maximum atomic E-state index is 6.59. The second-order valence-corrected chi connectivity index (χ2v) is 7.65. The highest BCUT2D eigenvalue weighted by molar-refractivity contribution is 6.41. The Morgan fingerprint density at radius 2 is 1.76 bits per heavy atom. The van der Waals surface area contributed by atoms with Crippen LogP contribution in [-0.4, -0.2) is 37.8 Å². The molecule has 0 spiro atoms. The van der Waals surface area contributed by atoms with Crippen molar-refractivity contribution in [2.24, 2.45) is 5.92 Å². The molecule has 0 saturated heterocycles. The van der Waals surface area contributed by atoms with Crippen LogP contribution in [0.3, 0.4) is 0 Å². The van der Waals surface area contributed by atoms with Gasteiger partial charge in [-0.1, -0.05) is 23.2 Å². The zero-order valence-electron chi connectivity index (χ0n) is 16.4. The zero-order chi connectivity index (χ0) is 20.5. The molecule has 29 heavy (non-hydrogen) atoms. The number of nitrogens with zero attached hydrogens (tertiary/aromatic N) is 2. The number of methoxy groups -OCH3 is 2. The molecule has 2 heterocycles. The van der Waals surface area contributed by atoms with E-state index in [0.29, 0.717) is 51.2 Å². The minimum Gasteiger partial charge on any atom is -0.495 e. The lowest BCUT2D eigenvalue weighted by molar-refractivity contribution is 0.292. The van der Waals surface area contributed by atoms with Gasteiger partial charge in [0.15, 0.2) is 0 Å². The van der Waals surface area contributed by atoms with E-state index in [0.717, 1.165) is 16.6 Å². The van der Waals surface area contributed by atoms with Gasteiger partial charge >= 0.3 is 0 Å². The number of ether oxygens (including phenoxy) is 3. The van der Waals surface area contributed by atoms with Crippen LogP contribution < -0.4 is 19.5 Å². The lowest BCUT2D eigenvalue weighted by Crippen LogP contribution is -2.03. The maximum absolute atomic E-state index is 6.59. The fourth-order valence-electron chi connectivity index (χ4n) is 3.08. The summed E-state index contributed by atoms with van der Waals surface area (Å²) in [5.74, 6) is 2.76. The first-order valence-electron chi connectivity index (χ1n) is 9.27. The Hall–Kier alpha value is -2.44. The predicted molar refractivity (Wildman–Crippen MR) is 116 cm³/mol. The number of halogens is 2. The number of hydrogen-bond acceptors (Lipinski definition) is 6. The van der Waals surface area contributed by atoms with Crippen LogP contribution in [0, 0.1) is 5.92 Å². The van der Waals surface area contributed by atoms with E-state index in [1.165, 1.54) is 12.8 Å². The van der Waals surface area contributed by atoms with Gasteiger partial charge in [-0.3, -0.25) is 0 Å². The highest BCUT2D eigenvalue weighted by atomic mass is 35.5. The molecule has 0 amide bonds. The number of nitrogens with one attached hydrogen (secondary N) is 1. The van der Waals surface area contributed by atoms with Crippen molar-refractivity contribution in [2.45, 2.75) is 12.8 Å². The van der Waals surface area contributed by atoms with Crippen molar-refractivity contribution in [1.82, 2.24) is 9.97 Å². The molecular formula is C21H21Cl2N3O3. The van der Waals surface area contributed by atoms with Gasteiger partial charge in [-0.25, -0.2) is 9.97 Å². The summed E-state index contributed by atoms with van der Waals surface area (Å²) in [6.45, 7) is 0.631. The van der Waals surface area contributed by atoms with Crippen molar-refractivity contribution in [3.63, 3.8) is 0 Å². The molecule has 6 nitrogen and oxygen atoms in total. The van der Waals surface area contributed by atoms with E-state index in [2.05, 4.69) is 10.3 Å². The molecule has 1 aliphatic carbocycles. The smallest absolute Gasteiger partial charge is 0.222 e. The van der Waals surface area contributed by atoms with Gasteiger partial charge in [0.25, 0.3) is 0 Å². The number of pyridine rings is 2. The molecule has 1 aliphatic rings. The fourth-order valence-corrected chi connectivity index (χ4v) is 3.78. The molecule has 0 atom stereocenters. The fraction of sp³-hybridized carbons (Fsp3) is 0.333. The second kappa shape index (κ2) is 8.13. The van der Waals surface area contributed by atoms with E-state index in [4.69, 9.17) is 42.4 Å². The first kappa shape index (κ1) is 19.9. The van der Waals surface area contributed by atoms with Gasteiger partial charge in [0, 0.05) is 35.6 Å². The van der Waals surface area contributed by atoms with Gasteiger partial charge in [0.05, 0.1) is 36.6 Å². The summed E-state index contributed by atoms with van der Waals surface area (Å²) >= 11 is 13.2. The molecule has 8 heteroatoms. The Morgan fingerprint density at radius 3 is 2.34 bits per heavy atom. The minimum absolute atomic E-state index is 0.359. The summed E-state index contributed by atoms with van der Waals surface area (Å²) in [7, 11) is 4.90. The molecule has 2 aromatic heterocycles. The molecule has 1 saturated carbocycles. The highest BCUT2D eigenvalue weighted by Crippen LogP contribution is 2.46. The van der Waals surface area contributed by atoms with Crippen LogP contribution in [0.25, 0.3) is 22.0 Å². The number of benzene rings is 1. The van der Waals surface area contributed by atoms with Gasteiger partial charge in [-0.05, 0) is 30.9 Å². The van der Waals surface area contributed by atoms with Crippen LogP contribution >= 0.6 is 23.2 Å². The van der Waals surface area contributed by atoms with Gasteiger partial charge in [0.1, 0.15) is 17.3 Å². The summed E-state index contributed by atoms with van der Waals surface area (Å²) in [6, 6.07) is 5.46. The third-order valence-corrected chi connectivity index (χ3v) is 5.67. The normalized spacial score (nSPS) is 13.4. The van der Waals surface area contributed by atoms with E-state index in [1.807, 2.05) is 19.2 Å². The van der Waals surface area contributed by atoms with E-state index in [9.17, 15) is 0 Å². The predicted octanol–water partition coefficient (Wildman–Crippen LogP) is 5.45. The number of rotatable bonds is 7. The molecule has 152 valence electrons. The third kappa shape index (κ3) is 3.87. The van der Waals surface area contributed by atoms with Gasteiger partial charge in [0.2, 0.25) is 5.88 Å². The summed E-state index contributed by atoms with van der Waals surface area (Å²) < 4.78 is 16.9. The first-order chi connectivity index (χ1) is 14.0. The Kier molecular flexibility index (Phi) is 5.56. The zero-order valence-corrected chi connectivity index (χ0v) is 17.9. The maximum Gasteiger partial charge on any atom is 0.222 e. The Balaban J connectivity index is 1.92. The first-order valence-corrected chi connectivity index (χ1v) is 10.0. The average Bonchev–Trinajstić information content (AvgIpc) is 3.56. The minimum atomic E-state index is 0.359. The number of hydrogen-bond donors (Lipinski definition) is 1. The van der Waals surface area contributed by atoms with E-state index >= 15 is 0 Å². The van der Waals surface area contributed by atoms with Gasteiger partial charge < -0.3 is 19.5 Å². The third-order valence-electron chi connectivity index (χ3n) is 4.92. The summed E-state index contributed by atoms with van der Waals surface area (Å²) in [6.07, 6.45) is 4.15. The molecule has 3 aromatic rings. The van der Waals surface area contributed by atoms with Gasteiger partial charge in [-0.2, -0.15) is 0 Å². The largest absolute Gasteiger partial charge is 0.495 e. The number of fused-ring (bicyclic) bond motifs is 1. The Bertz CT molecular complexity index is 1040. The van der Waals surface area contributed by atoms with Crippen molar-refractivity contribution in [3.8, 4) is 28.6 Å². The topological polar surface area (TPSA) is 65.5 Å². The van der Waals surface area contributed by atoms with Gasteiger partial charge in [-0.15, -0.1) is 0 Å². The molecule has 1 fully saturated rings. The lowest BCUT2D eigenvalue weighted by atomic mass is 10.1. The van der Waals surface area contributed by atoms with Crippen molar-refractivity contribution < 1.29 is 14.2 Å². The second-order valence-electron chi connectivity index (χ2n) is 6.89. The average molecular weight is 434 g/mol. The summed E-state index contributed by atoms with van der Waals surface area (Å²) in [5.41, 5.74) is 1.09. The molecule has 0 unspecified atom stereocenters. The number of aromatic nitrogens is 2. The molecular weight excluding hydrogens is 413 g/mol. The van der Waals surface area contributed by atoms with E-state index in [1.54, 1.807) is 26.5 Å². The molecule has 1 aromatic carbocycles. The SMILES string of the molecule is CNc1cc2c(OCC3CC3)nc(-c3c(Cl)c(OC)cc(OC)c3Cl)cc2cn1. The number of anilines is 1. The van der Waals surface area contributed by atoms with Crippen LogP contribution in [-0.2, 0) is 0 Å². The Labute approximate surface area is 179 Å². The van der Waals surface area contributed by atoms with Crippen LogP contribution in [0.1, 0.15) is 12.8 Å². The molecule has 4 rings (SSSR count). The Morgan fingerprint density at radius 1 is 1.07 bits per heavy atom.